The Hall–Kier alpha value is -2.87. The van der Waals surface area contributed by atoms with E-state index in [2.05, 4.69) is 36.8 Å². The van der Waals surface area contributed by atoms with Gasteiger partial charge in [-0.15, -0.1) is 0 Å². The van der Waals surface area contributed by atoms with Crippen molar-refractivity contribution in [2.75, 3.05) is 69.3 Å². The van der Waals surface area contributed by atoms with Crippen molar-refractivity contribution in [2.45, 2.75) is 13.0 Å². The highest BCUT2D eigenvalue weighted by Gasteiger charge is 2.31. The van der Waals surface area contributed by atoms with Crippen molar-refractivity contribution in [3.8, 4) is 5.75 Å². The largest absolute Gasteiger partial charge is 0.497 e. The molecule has 3 heterocycles. The highest BCUT2D eigenvalue weighted by atomic mass is 16.5. The maximum atomic E-state index is 13.1. The third-order valence-electron chi connectivity index (χ3n) is 6.06. The fraction of sp³-hybridized carbons (Fsp3) is 0.500. The Labute approximate surface area is 178 Å². The zero-order valence-corrected chi connectivity index (χ0v) is 17.8. The monoisotopic (exact) mass is 410 g/mol. The molecule has 30 heavy (non-hydrogen) atoms. The number of rotatable bonds is 5. The van der Waals surface area contributed by atoms with Gasteiger partial charge in [0.15, 0.2) is 0 Å². The molecule has 1 amide bonds. The number of hydrogen-bond donors (Lipinski definition) is 0. The zero-order valence-electron chi connectivity index (χ0n) is 17.8. The molecular weight excluding hydrogens is 380 g/mol. The number of ether oxygens (including phenoxy) is 1. The maximum absolute atomic E-state index is 13.1. The third kappa shape index (κ3) is 4.48. The summed E-state index contributed by atoms with van der Waals surface area (Å²) >= 11 is 0. The van der Waals surface area contributed by atoms with Gasteiger partial charge in [0.25, 0.3) is 0 Å². The molecule has 8 heteroatoms. The highest BCUT2D eigenvalue weighted by Crippen LogP contribution is 2.23. The van der Waals surface area contributed by atoms with Crippen LogP contribution in [0.1, 0.15) is 6.92 Å². The molecule has 2 fully saturated rings. The van der Waals surface area contributed by atoms with Crippen LogP contribution in [0.4, 0.5) is 11.6 Å². The molecule has 2 aliphatic rings. The minimum Gasteiger partial charge on any atom is -0.497 e. The minimum atomic E-state index is -0.100. The van der Waals surface area contributed by atoms with Gasteiger partial charge < -0.3 is 19.4 Å². The van der Waals surface area contributed by atoms with Gasteiger partial charge >= 0.3 is 0 Å². The van der Waals surface area contributed by atoms with Crippen LogP contribution in [0.3, 0.4) is 0 Å². The number of anilines is 2. The van der Waals surface area contributed by atoms with Gasteiger partial charge in [-0.2, -0.15) is 0 Å². The number of amides is 1. The lowest BCUT2D eigenvalue weighted by molar-refractivity contribution is -0.136. The Morgan fingerprint density at radius 3 is 2.27 bits per heavy atom. The van der Waals surface area contributed by atoms with E-state index >= 15 is 0 Å². The summed E-state index contributed by atoms with van der Waals surface area (Å²) in [6.45, 7) is 8.57. The molecule has 1 aromatic heterocycles. The first-order chi connectivity index (χ1) is 14.7. The predicted octanol–water partition coefficient (Wildman–Crippen LogP) is 1.34. The van der Waals surface area contributed by atoms with Crippen LogP contribution in [-0.2, 0) is 4.79 Å². The summed E-state index contributed by atoms with van der Waals surface area (Å²) < 4.78 is 5.34. The van der Waals surface area contributed by atoms with E-state index in [1.165, 1.54) is 5.69 Å². The van der Waals surface area contributed by atoms with E-state index in [0.717, 1.165) is 51.0 Å². The molecule has 1 atom stereocenters. The lowest BCUT2D eigenvalue weighted by Gasteiger charge is -2.41. The second kappa shape index (κ2) is 9.30. The quantitative estimate of drug-likeness (QED) is 0.737. The summed E-state index contributed by atoms with van der Waals surface area (Å²) in [7, 11) is 1.69. The number of carbonyl (C=O) groups excluding carboxylic acids is 1. The average molecular weight is 411 g/mol. The van der Waals surface area contributed by atoms with Gasteiger partial charge in [0.05, 0.1) is 13.2 Å². The number of nitrogens with zero attached hydrogens (tertiary/aromatic N) is 6. The average Bonchev–Trinajstić information content (AvgIpc) is 2.84. The van der Waals surface area contributed by atoms with Gasteiger partial charge in [0, 0.05) is 76.5 Å². The molecule has 8 nitrogen and oxygen atoms in total. The van der Waals surface area contributed by atoms with Crippen molar-refractivity contribution in [3.05, 3.63) is 42.7 Å². The number of hydrogen-bond acceptors (Lipinski definition) is 7. The van der Waals surface area contributed by atoms with E-state index in [0.29, 0.717) is 13.1 Å². The number of methoxy groups -OCH3 is 1. The Balaban J connectivity index is 1.28. The standard InChI is InChI=1S/C22H30N6O2/c1-18(21(29)27-13-15-28(16-14-27)22-23-7-4-8-24-22)25-9-11-26(12-10-25)19-5-3-6-20(17-19)30-2/h3-8,17-18H,9-16H2,1-2H3. The predicted molar refractivity (Wildman–Crippen MR) is 117 cm³/mol. The van der Waals surface area contributed by atoms with Crippen molar-refractivity contribution in [1.29, 1.82) is 0 Å². The molecule has 2 aliphatic heterocycles. The SMILES string of the molecule is COc1cccc(N2CCN(C(C)C(=O)N3CCN(c4ncccn4)CC3)CC2)c1. The third-order valence-corrected chi connectivity index (χ3v) is 6.06. The molecule has 0 spiro atoms. The summed E-state index contributed by atoms with van der Waals surface area (Å²) in [4.78, 5) is 30.5. The Morgan fingerprint density at radius 2 is 1.60 bits per heavy atom. The first kappa shape index (κ1) is 20.4. The lowest BCUT2D eigenvalue weighted by Crippen LogP contribution is -2.57. The second-order valence-corrected chi connectivity index (χ2v) is 7.76. The normalized spacial score (nSPS) is 18.9. The maximum Gasteiger partial charge on any atom is 0.239 e. The van der Waals surface area contributed by atoms with Crippen LogP contribution in [0, 0.1) is 0 Å². The number of piperazine rings is 2. The van der Waals surface area contributed by atoms with Crippen molar-refractivity contribution >= 4 is 17.5 Å². The van der Waals surface area contributed by atoms with Crippen LogP contribution >= 0.6 is 0 Å². The summed E-state index contributed by atoms with van der Waals surface area (Å²) in [5.74, 6) is 1.84. The van der Waals surface area contributed by atoms with Crippen molar-refractivity contribution < 1.29 is 9.53 Å². The van der Waals surface area contributed by atoms with Gasteiger partial charge in [0.2, 0.25) is 11.9 Å². The molecule has 0 aliphatic carbocycles. The van der Waals surface area contributed by atoms with E-state index in [9.17, 15) is 4.79 Å². The first-order valence-electron chi connectivity index (χ1n) is 10.6. The Kier molecular flexibility index (Phi) is 6.32. The summed E-state index contributed by atoms with van der Waals surface area (Å²) in [5.41, 5.74) is 1.17. The van der Waals surface area contributed by atoms with Crippen molar-refractivity contribution in [3.63, 3.8) is 0 Å². The topological polar surface area (TPSA) is 65.0 Å². The lowest BCUT2D eigenvalue weighted by atomic mass is 10.1. The summed E-state index contributed by atoms with van der Waals surface area (Å²) in [6.07, 6.45) is 3.51. The second-order valence-electron chi connectivity index (χ2n) is 7.76. The van der Waals surface area contributed by atoms with Gasteiger partial charge in [-0.3, -0.25) is 9.69 Å². The Morgan fingerprint density at radius 1 is 0.933 bits per heavy atom. The molecule has 0 saturated carbocycles. The van der Waals surface area contributed by atoms with E-state index in [4.69, 9.17) is 4.74 Å². The van der Waals surface area contributed by atoms with Gasteiger partial charge in [-0.05, 0) is 25.1 Å². The molecular formula is C22H30N6O2. The van der Waals surface area contributed by atoms with Gasteiger partial charge in [-0.1, -0.05) is 6.07 Å². The highest BCUT2D eigenvalue weighted by molar-refractivity contribution is 5.81. The number of carbonyl (C=O) groups is 1. The molecule has 160 valence electrons. The fourth-order valence-corrected chi connectivity index (χ4v) is 4.18. The van der Waals surface area contributed by atoms with E-state index in [-0.39, 0.29) is 11.9 Å². The molecule has 0 radical (unpaired) electrons. The van der Waals surface area contributed by atoms with E-state index in [1.807, 2.05) is 30.0 Å². The Bertz CT molecular complexity index is 833. The van der Waals surface area contributed by atoms with Gasteiger partial charge in [0.1, 0.15) is 5.75 Å². The van der Waals surface area contributed by atoms with Crippen LogP contribution < -0.4 is 14.5 Å². The van der Waals surface area contributed by atoms with Crippen LogP contribution in [0.5, 0.6) is 5.75 Å². The molecule has 0 N–H and O–H groups in total. The summed E-state index contributed by atoms with van der Waals surface area (Å²) in [5, 5.41) is 0. The van der Waals surface area contributed by atoms with Crippen LogP contribution in [0.2, 0.25) is 0 Å². The van der Waals surface area contributed by atoms with Crippen LogP contribution in [0.25, 0.3) is 0 Å². The number of benzene rings is 1. The molecule has 2 aromatic rings. The molecule has 1 aromatic carbocycles. The fourth-order valence-electron chi connectivity index (χ4n) is 4.18. The minimum absolute atomic E-state index is 0.100. The molecule has 4 rings (SSSR count). The van der Waals surface area contributed by atoms with Crippen molar-refractivity contribution in [1.82, 2.24) is 19.8 Å². The van der Waals surface area contributed by atoms with Gasteiger partial charge in [-0.25, -0.2) is 9.97 Å². The van der Waals surface area contributed by atoms with E-state index in [1.54, 1.807) is 19.5 Å². The van der Waals surface area contributed by atoms with Crippen LogP contribution in [-0.4, -0.2) is 91.2 Å². The summed E-state index contributed by atoms with van der Waals surface area (Å²) in [6, 6.07) is 9.88. The molecule has 0 bridgehead atoms. The van der Waals surface area contributed by atoms with Crippen molar-refractivity contribution in [2.24, 2.45) is 0 Å². The zero-order chi connectivity index (χ0) is 20.9. The molecule has 2 saturated heterocycles. The first-order valence-corrected chi connectivity index (χ1v) is 10.6. The smallest absolute Gasteiger partial charge is 0.239 e. The van der Waals surface area contributed by atoms with Crippen LogP contribution in [0.15, 0.2) is 42.7 Å². The van der Waals surface area contributed by atoms with E-state index < -0.39 is 0 Å². The molecule has 1 unspecified atom stereocenters. The number of aromatic nitrogens is 2.